The summed E-state index contributed by atoms with van der Waals surface area (Å²) in [5.41, 5.74) is 6.60. The zero-order valence-electron chi connectivity index (χ0n) is 12.8. The number of hydrogen-bond acceptors (Lipinski definition) is 2. The van der Waals surface area contributed by atoms with Crippen LogP contribution in [0.2, 0.25) is 0 Å². The van der Waals surface area contributed by atoms with E-state index in [9.17, 15) is 10.1 Å². The highest BCUT2D eigenvalue weighted by atomic mass is 16.6. The van der Waals surface area contributed by atoms with Crippen LogP contribution in [0, 0.1) is 37.8 Å². The first kappa shape index (κ1) is 15.0. The van der Waals surface area contributed by atoms with E-state index in [-0.39, 0.29) is 10.6 Å². The van der Waals surface area contributed by atoms with E-state index in [0.29, 0.717) is 5.56 Å². The molecule has 0 radical (unpaired) electrons. The second kappa shape index (κ2) is 5.92. The van der Waals surface area contributed by atoms with Crippen LogP contribution in [0.1, 0.15) is 33.4 Å². The number of benzene rings is 2. The summed E-state index contributed by atoms with van der Waals surface area (Å²) in [4.78, 5) is 10.6. The molecule has 0 amide bonds. The van der Waals surface area contributed by atoms with Gasteiger partial charge in [0.15, 0.2) is 0 Å². The Morgan fingerprint density at radius 2 is 1.43 bits per heavy atom. The lowest BCUT2D eigenvalue weighted by Gasteiger charge is -2.06. The van der Waals surface area contributed by atoms with Crippen molar-refractivity contribution in [3.05, 3.63) is 73.8 Å². The maximum absolute atomic E-state index is 11.0. The van der Waals surface area contributed by atoms with E-state index in [2.05, 4.69) is 32.9 Å². The lowest BCUT2D eigenvalue weighted by Crippen LogP contribution is -1.91. The molecule has 0 bridgehead atoms. The molecule has 3 nitrogen and oxygen atoms in total. The van der Waals surface area contributed by atoms with Gasteiger partial charge in [0.25, 0.3) is 5.69 Å². The first-order valence-electron chi connectivity index (χ1n) is 6.89. The summed E-state index contributed by atoms with van der Waals surface area (Å²) < 4.78 is 0. The predicted molar refractivity (Wildman–Crippen MR) is 87.4 cm³/mol. The summed E-state index contributed by atoms with van der Waals surface area (Å²) in [6, 6.07) is 9.54. The van der Waals surface area contributed by atoms with Crippen molar-refractivity contribution in [2.24, 2.45) is 0 Å². The Hall–Kier alpha value is -2.42. The standard InChI is InChI=1S/C18H19NO2/c1-12-5-6-16(11-18(12)19(20)21)7-8-17-9-13(2)15(4)14(3)10-17/h5-11H,1-4H3. The topological polar surface area (TPSA) is 43.1 Å². The highest BCUT2D eigenvalue weighted by Crippen LogP contribution is 2.22. The highest BCUT2D eigenvalue weighted by molar-refractivity contribution is 5.71. The fraction of sp³-hybridized carbons (Fsp3) is 0.222. The smallest absolute Gasteiger partial charge is 0.258 e. The molecule has 0 aliphatic rings. The van der Waals surface area contributed by atoms with Crippen molar-refractivity contribution in [3.8, 4) is 0 Å². The number of aryl methyl sites for hydroxylation is 3. The Balaban J connectivity index is 2.34. The second-order valence-electron chi connectivity index (χ2n) is 5.42. The van der Waals surface area contributed by atoms with Gasteiger partial charge < -0.3 is 0 Å². The van der Waals surface area contributed by atoms with Crippen molar-refractivity contribution >= 4 is 17.8 Å². The summed E-state index contributed by atoms with van der Waals surface area (Å²) >= 11 is 0. The molecule has 2 aromatic rings. The molecule has 0 saturated heterocycles. The molecule has 2 aromatic carbocycles. The van der Waals surface area contributed by atoms with Gasteiger partial charge in [0.1, 0.15) is 0 Å². The normalized spacial score (nSPS) is 11.0. The summed E-state index contributed by atoms with van der Waals surface area (Å²) in [6.45, 7) is 8.05. The summed E-state index contributed by atoms with van der Waals surface area (Å²) in [5.74, 6) is 0. The Bertz CT molecular complexity index is 707. The van der Waals surface area contributed by atoms with Crippen LogP contribution in [0.15, 0.2) is 30.3 Å². The maximum atomic E-state index is 11.0. The molecule has 0 fully saturated rings. The quantitative estimate of drug-likeness (QED) is 0.451. The zero-order valence-corrected chi connectivity index (χ0v) is 12.8. The minimum atomic E-state index is -0.340. The molecule has 0 aliphatic heterocycles. The van der Waals surface area contributed by atoms with Crippen molar-refractivity contribution in [3.63, 3.8) is 0 Å². The van der Waals surface area contributed by atoms with Gasteiger partial charge in [0.05, 0.1) is 4.92 Å². The molecule has 0 aliphatic carbocycles. The van der Waals surface area contributed by atoms with Crippen molar-refractivity contribution < 1.29 is 4.92 Å². The lowest BCUT2D eigenvalue weighted by molar-refractivity contribution is -0.385. The van der Waals surface area contributed by atoms with Crippen LogP contribution >= 0.6 is 0 Å². The molecule has 3 heteroatoms. The zero-order chi connectivity index (χ0) is 15.6. The van der Waals surface area contributed by atoms with Crippen molar-refractivity contribution in [2.75, 3.05) is 0 Å². The van der Waals surface area contributed by atoms with E-state index in [4.69, 9.17) is 0 Å². The van der Waals surface area contributed by atoms with Gasteiger partial charge in [-0.05, 0) is 55.5 Å². The van der Waals surface area contributed by atoms with E-state index in [1.807, 2.05) is 18.2 Å². The fourth-order valence-corrected chi connectivity index (χ4v) is 2.28. The number of nitrogens with zero attached hydrogens (tertiary/aromatic N) is 1. The van der Waals surface area contributed by atoms with Crippen LogP contribution in [0.4, 0.5) is 5.69 Å². The molecule has 0 atom stereocenters. The summed E-state index contributed by atoms with van der Waals surface area (Å²) in [6.07, 6.45) is 3.91. The molecule has 0 unspecified atom stereocenters. The molecule has 0 saturated carbocycles. The van der Waals surface area contributed by atoms with Crippen LogP contribution in [-0.4, -0.2) is 4.92 Å². The molecule has 2 rings (SSSR count). The van der Waals surface area contributed by atoms with E-state index in [1.54, 1.807) is 19.1 Å². The average molecular weight is 281 g/mol. The number of nitro groups is 1. The third-order valence-corrected chi connectivity index (χ3v) is 3.85. The fourth-order valence-electron chi connectivity index (χ4n) is 2.28. The van der Waals surface area contributed by atoms with Crippen LogP contribution in [0.25, 0.3) is 12.2 Å². The largest absolute Gasteiger partial charge is 0.272 e. The summed E-state index contributed by atoms with van der Waals surface area (Å²) in [7, 11) is 0. The number of nitro benzene ring substituents is 1. The Morgan fingerprint density at radius 1 is 0.857 bits per heavy atom. The molecule has 0 heterocycles. The second-order valence-corrected chi connectivity index (χ2v) is 5.42. The van der Waals surface area contributed by atoms with Gasteiger partial charge in [-0.15, -0.1) is 0 Å². The molecular formula is C18H19NO2. The SMILES string of the molecule is Cc1ccc(C=Cc2cc(C)c(C)c(C)c2)cc1[N+](=O)[O-]. The molecular weight excluding hydrogens is 262 g/mol. The minimum Gasteiger partial charge on any atom is -0.258 e. The van der Waals surface area contributed by atoms with E-state index in [1.165, 1.54) is 16.7 Å². The predicted octanol–water partition coefficient (Wildman–Crippen LogP) is 5.00. The Kier molecular flexibility index (Phi) is 4.22. The van der Waals surface area contributed by atoms with Gasteiger partial charge in [0, 0.05) is 11.6 Å². The van der Waals surface area contributed by atoms with Gasteiger partial charge in [0.2, 0.25) is 0 Å². The molecule has 108 valence electrons. The van der Waals surface area contributed by atoms with Crippen LogP contribution in [0.5, 0.6) is 0 Å². The number of rotatable bonds is 3. The van der Waals surface area contributed by atoms with E-state index >= 15 is 0 Å². The Morgan fingerprint density at radius 3 is 2.00 bits per heavy atom. The first-order valence-corrected chi connectivity index (χ1v) is 6.89. The van der Waals surface area contributed by atoms with Gasteiger partial charge in [-0.3, -0.25) is 10.1 Å². The summed E-state index contributed by atoms with van der Waals surface area (Å²) in [5, 5.41) is 11.0. The average Bonchev–Trinajstić information content (AvgIpc) is 2.43. The maximum Gasteiger partial charge on any atom is 0.272 e. The number of hydrogen-bond donors (Lipinski definition) is 0. The monoisotopic (exact) mass is 281 g/mol. The van der Waals surface area contributed by atoms with Crippen LogP contribution in [0.3, 0.4) is 0 Å². The van der Waals surface area contributed by atoms with Gasteiger partial charge in [-0.1, -0.05) is 36.4 Å². The van der Waals surface area contributed by atoms with Gasteiger partial charge in [-0.2, -0.15) is 0 Å². The lowest BCUT2D eigenvalue weighted by atomic mass is 10.00. The van der Waals surface area contributed by atoms with Crippen molar-refractivity contribution in [1.82, 2.24) is 0 Å². The van der Waals surface area contributed by atoms with E-state index in [0.717, 1.165) is 11.1 Å². The van der Waals surface area contributed by atoms with Crippen LogP contribution < -0.4 is 0 Å². The van der Waals surface area contributed by atoms with Gasteiger partial charge >= 0.3 is 0 Å². The van der Waals surface area contributed by atoms with Crippen LogP contribution in [-0.2, 0) is 0 Å². The molecule has 0 aromatic heterocycles. The highest BCUT2D eigenvalue weighted by Gasteiger charge is 2.09. The molecule has 0 N–H and O–H groups in total. The Labute approximate surface area is 125 Å². The molecule has 21 heavy (non-hydrogen) atoms. The van der Waals surface area contributed by atoms with Crippen molar-refractivity contribution in [2.45, 2.75) is 27.7 Å². The third kappa shape index (κ3) is 3.37. The first-order chi connectivity index (χ1) is 9.88. The van der Waals surface area contributed by atoms with Gasteiger partial charge in [-0.25, -0.2) is 0 Å². The van der Waals surface area contributed by atoms with Crippen molar-refractivity contribution in [1.29, 1.82) is 0 Å². The molecule has 0 spiro atoms. The minimum absolute atomic E-state index is 0.161. The van der Waals surface area contributed by atoms with E-state index < -0.39 is 0 Å². The third-order valence-electron chi connectivity index (χ3n) is 3.85.